The van der Waals surface area contributed by atoms with Crippen molar-refractivity contribution < 1.29 is 9.59 Å². The van der Waals surface area contributed by atoms with Crippen LogP contribution >= 0.6 is 0 Å². The molecule has 0 aliphatic carbocycles. The summed E-state index contributed by atoms with van der Waals surface area (Å²) in [5, 5.41) is 12.4. The minimum atomic E-state index is -1.23. The van der Waals surface area contributed by atoms with Gasteiger partial charge in [-0.3, -0.25) is 9.59 Å². The summed E-state index contributed by atoms with van der Waals surface area (Å²) in [7, 11) is 0. The van der Waals surface area contributed by atoms with Crippen LogP contribution in [0.1, 0.15) is 27.8 Å². The molecule has 2 amide bonds. The summed E-state index contributed by atoms with van der Waals surface area (Å²) in [5.74, 6) is -1.05. The lowest BCUT2D eigenvalue weighted by atomic mass is 9.68. The van der Waals surface area contributed by atoms with Crippen LogP contribution in [-0.4, -0.2) is 17.9 Å². The zero-order valence-corrected chi connectivity index (χ0v) is 19.1. The molecule has 0 fully saturated rings. The quantitative estimate of drug-likeness (QED) is 0.388. The van der Waals surface area contributed by atoms with Gasteiger partial charge in [0.25, 0.3) is 0 Å². The first kappa shape index (κ1) is 23.5. The highest BCUT2D eigenvalue weighted by molar-refractivity contribution is 5.98. The number of rotatable bonds is 8. The van der Waals surface area contributed by atoms with Crippen LogP contribution in [0.3, 0.4) is 0 Å². The molecule has 4 rings (SSSR count). The summed E-state index contributed by atoms with van der Waals surface area (Å²) >= 11 is 0. The number of nitrogens with zero attached hydrogens (tertiary/aromatic N) is 1. The van der Waals surface area contributed by atoms with E-state index in [-0.39, 0.29) is 12.3 Å². The van der Waals surface area contributed by atoms with Gasteiger partial charge in [-0.25, -0.2) is 0 Å². The third kappa shape index (κ3) is 4.68. The topological polar surface area (TPSA) is 96.0 Å². The van der Waals surface area contributed by atoms with Gasteiger partial charge < -0.3 is 11.1 Å². The van der Waals surface area contributed by atoms with Crippen molar-refractivity contribution in [1.29, 1.82) is 5.26 Å². The maximum absolute atomic E-state index is 14.3. The Labute approximate surface area is 204 Å². The van der Waals surface area contributed by atoms with Crippen molar-refractivity contribution in [3.8, 4) is 6.07 Å². The summed E-state index contributed by atoms with van der Waals surface area (Å²) in [4.78, 5) is 26.8. The fraction of sp³-hybridized carbons (Fsp3) is 0.100. The van der Waals surface area contributed by atoms with Gasteiger partial charge in [-0.2, -0.15) is 5.26 Å². The summed E-state index contributed by atoms with van der Waals surface area (Å²) in [5.41, 5.74) is 7.88. The van der Waals surface area contributed by atoms with Crippen molar-refractivity contribution in [3.05, 3.63) is 143 Å². The Kier molecular flexibility index (Phi) is 7.04. The molecule has 0 aliphatic rings. The first-order valence-corrected chi connectivity index (χ1v) is 11.3. The Morgan fingerprint density at radius 1 is 0.743 bits per heavy atom. The Hall–Kier alpha value is -4.69. The van der Waals surface area contributed by atoms with Gasteiger partial charge in [0.2, 0.25) is 11.8 Å². The number of benzene rings is 4. The van der Waals surface area contributed by atoms with E-state index in [9.17, 15) is 14.9 Å². The fourth-order valence-electron chi connectivity index (χ4n) is 4.47. The fourth-order valence-corrected chi connectivity index (χ4v) is 4.47. The highest BCUT2D eigenvalue weighted by Crippen LogP contribution is 2.39. The number of nitriles is 1. The zero-order valence-electron chi connectivity index (χ0n) is 19.1. The van der Waals surface area contributed by atoms with Crippen LogP contribution in [0.4, 0.5) is 0 Å². The molecule has 4 aromatic rings. The molecule has 0 saturated carbocycles. The van der Waals surface area contributed by atoms with E-state index in [0.717, 1.165) is 16.7 Å². The second-order valence-electron chi connectivity index (χ2n) is 8.25. The van der Waals surface area contributed by atoms with E-state index in [2.05, 4.69) is 11.4 Å². The molecular weight excluding hydrogens is 434 g/mol. The molecule has 0 heterocycles. The summed E-state index contributed by atoms with van der Waals surface area (Å²) in [6, 6.07) is 36.6. The lowest BCUT2D eigenvalue weighted by molar-refractivity contribution is -0.129. The maximum Gasteiger partial charge on any atom is 0.240 e. The standard InChI is InChI=1S/C30H25N3O2/c31-21-23-13-11-10-12-22(23)20-27(28(32)34)33-29(35)30(24-14-4-1-5-15-24,25-16-6-2-7-17-25)26-18-8-3-9-19-26/h1-19,27H,20H2,(H2,32,34)(H,33,35)/t27-/m0/s1. The summed E-state index contributed by atoms with van der Waals surface area (Å²) in [6.07, 6.45) is 0.110. The van der Waals surface area contributed by atoms with E-state index in [0.29, 0.717) is 11.1 Å². The molecule has 4 aromatic carbocycles. The number of primary amides is 1. The average molecular weight is 460 g/mol. The number of nitrogens with one attached hydrogen (secondary N) is 1. The van der Waals surface area contributed by atoms with E-state index in [1.807, 2.05) is 91.0 Å². The Bertz CT molecular complexity index is 1250. The molecule has 5 nitrogen and oxygen atoms in total. The zero-order chi connectivity index (χ0) is 24.7. The minimum absolute atomic E-state index is 0.110. The van der Waals surface area contributed by atoms with Crippen molar-refractivity contribution in [1.82, 2.24) is 5.32 Å². The van der Waals surface area contributed by atoms with Gasteiger partial charge in [-0.05, 0) is 28.3 Å². The van der Waals surface area contributed by atoms with Gasteiger partial charge in [0.15, 0.2) is 0 Å². The Morgan fingerprint density at radius 3 is 1.60 bits per heavy atom. The van der Waals surface area contributed by atoms with Gasteiger partial charge in [0, 0.05) is 6.42 Å². The molecule has 5 heteroatoms. The predicted octanol–water partition coefficient (Wildman–Crippen LogP) is 4.11. The molecule has 172 valence electrons. The third-order valence-corrected chi connectivity index (χ3v) is 6.17. The first-order valence-electron chi connectivity index (χ1n) is 11.3. The van der Waals surface area contributed by atoms with Crippen LogP contribution in [0.2, 0.25) is 0 Å². The lowest BCUT2D eigenvalue weighted by Gasteiger charge is -2.35. The first-order chi connectivity index (χ1) is 17.1. The van der Waals surface area contributed by atoms with Crippen molar-refractivity contribution in [3.63, 3.8) is 0 Å². The molecule has 0 bridgehead atoms. The normalized spacial score (nSPS) is 11.7. The smallest absolute Gasteiger partial charge is 0.240 e. The van der Waals surface area contributed by atoms with Crippen LogP contribution < -0.4 is 11.1 Å². The number of nitrogens with two attached hydrogens (primary N) is 1. The highest BCUT2D eigenvalue weighted by atomic mass is 16.2. The molecule has 35 heavy (non-hydrogen) atoms. The number of hydrogen-bond acceptors (Lipinski definition) is 3. The van der Waals surface area contributed by atoms with Crippen molar-refractivity contribution in [2.45, 2.75) is 17.9 Å². The number of amides is 2. The minimum Gasteiger partial charge on any atom is -0.368 e. The number of hydrogen-bond donors (Lipinski definition) is 2. The van der Waals surface area contributed by atoms with Crippen LogP contribution in [0.15, 0.2) is 115 Å². The van der Waals surface area contributed by atoms with Crippen LogP contribution in [-0.2, 0) is 21.4 Å². The van der Waals surface area contributed by atoms with Gasteiger partial charge in [-0.15, -0.1) is 0 Å². The monoisotopic (exact) mass is 459 g/mol. The Balaban J connectivity index is 1.85. The second kappa shape index (κ2) is 10.5. The lowest BCUT2D eigenvalue weighted by Crippen LogP contribution is -2.54. The Morgan fingerprint density at radius 2 is 1.17 bits per heavy atom. The van der Waals surface area contributed by atoms with Crippen LogP contribution in [0.25, 0.3) is 0 Å². The van der Waals surface area contributed by atoms with Gasteiger partial charge in [0.1, 0.15) is 11.5 Å². The molecule has 0 aromatic heterocycles. The number of carbonyl (C=O) groups excluding carboxylic acids is 2. The predicted molar refractivity (Wildman–Crippen MR) is 135 cm³/mol. The largest absolute Gasteiger partial charge is 0.368 e. The third-order valence-electron chi connectivity index (χ3n) is 6.17. The summed E-state index contributed by atoms with van der Waals surface area (Å²) < 4.78 is 0. The SMILES string of the molecule is N#Cc1ccccc1C[C@H](NC(=O)C(c1ccccc1)(c1ccccc1)c1ccccc1)C(N)=O. The van der Waals surface area contributed by atoms with Gasteiger partial charge >= 0.3 is 0 Å². The van der Waals surface area contributed by atoms with E-state index in [1.165, 1.54) is 0 Å². The maximum atomic E-state index is 14.3. The van der Waals surface area contributed by atoms with Crippen LogP contribution in [0, 0.1) is 11.3 Å². The number of carbonyl (C=O) groups is 2. The summed E-state index contributed by atoms with van der Waals surface area (Å²) in [6.45, 7) is 0. The molecule has 0 spiro atoms. The highest BCUT2D eigenvalue weighted by Gasteiger charge is 2.44. The molecule has 0 radical (unpaired) electrons. The van der Waals surface area contributed by atoms with E-state index >= 15 is 0 Å². The second-order valence-corrected chi connectivity index (χ2v) is 8.25. The van der Waals surface area contributed by atoms with E-state index < -0.39 is 17.4 Å². The van der Waals surface area contributed by atoms with Crippen molar-refractivity contribution in [2.75, 3.05) is 0 Å². The molecular formula is C30H25N3O2. The molecule has 1 atom stereocenters. The van der Waals surface area contributed by atoms with Gasteiger partial charge in [-0.1, -0.05) is 109 Å². The van der Waals surface area contributed by atoms with Gasteiger partial charge in [0.05, 0.1) is 11.6 Å². The van der Waals surface area contributed by atoms with E-state index in [1.54, 1.807) is 24.3 Å². The molecule has 0 unspecified atom stereocenters. The molecule has 0 aliphatic heterocycles. The molecule has 3 N–H and O–H groups in total. The van der Waals surface area contributed by atoms with Crippen LogP contribution in [0.5, 0.6) is 0 Å². The van der Waals surface area contributed by atoms with Crippen molar-refractivity contribution in [2.24, 2.45) is 5.73 Å². The molecule has 0 saturated heterocycles. The van der Waals surface area contributed by atoms with Crippen molar-refractivity contribution >= 4 is 11.8 Å². The average Bonchev–Trinajstić information content (AvgIpc) is 2.91. The van der Waals surface area contributed by atoms with E-state index in [4.69, 9.17) is 5.73 Å².